The van der Waals surface area contributed by atoms with Gasteiger partial charge in [0.1, 0.15) is 12.4 Å². The van der Waals surface area contributed by atoms with E-state index in [4.69, 9.17) is 22.4 Å². The smallest absolute Gasteiger partial charge is 0.296 e. The first-order chi connectivity index (χ1) is 14.1. The van der Waals surface area contributed by atoms with Crippen LogP contribution in [0.2, 0.25) is 5.02 Å². The van der Waals surface area contributed by atoms with Gasteiger partial charge in [-0.05, 0) is 46.7 Å². The van der Waals surface area contributed by atoms with Crippen LogP contribution in [0.1, 0.15) is 12.5 Å². The van der Waals surface area contributed by atoms with Gasteiger partial charge in [-0.1, -0.05) is 53.1 Å². The van der Waals surface area contributed by atoms with Gasteiger partial charge in [0, 0.05) is 16.8 Å². The number of halogens is 1. The molecule has 0 bridgehead atoms. The van der Waals surface area contributed by atoms with Gasteiger partial charge in [-0.3, -0.25) is 0 Å². The summed E-state index contributed by atoms with van der Waals surface area (Å²) < 4.78 is 19.5. The Morgan fingerprint density at radius 1 is 1.18 bits per heavy atom. The second kappa shape index (κ2) is 8.46. The Labute approximate surface area is 173 Å². The first kappa shape index (κ1) is 17.3. The molecule has 0 amide bonds. The largest absolute Gasteiger partial charge is 0.496 e. The van der Waals surface area contributed by atoms with E-state index in [1.54, 1.807) is 13.2 Å². The minimum Gasteiger partial charge on any atom is -0.496 e. The molecule has 1 aliphatic heterocycles. The summed E-state index contributed by atoms with van der Waals surface area (Å²) in [5.41, 5.74) is 2.77. The summed E-state index contributed by atoms with van der Waals surface area (Å²) in [6.45, 7) is 0.895. The summed E-state index contributed by atoms with van der Waals surface area (Å²) in [5.74, 6) is 0.742. The summed E-state index contributed by atoms with van der Waals surface area (Å²) in [6.07, 6.45) is 3.59. The van der Waals surface area contributed by atoms with Gasteiger partial charge in [-0.25, -0.2) is 0 Å². The number of para-hydroxylation sites is 1. The molecule has 4 rings (SSSR count). The van der Waals surface area contributed by atoms with Gasteiger partial charge in [0.15, 0.2) is 0 Å². The highest BCUT2D eigenvalue weighted by Crippen LogP contribution is 2.33. The first-order valence-corrected chi connectivity index (χ1v) is 9.82. The van der Waals surface area contributed by atoms with Crippen LogP contribution in [0.25, 0.3) is 5.57 Å². The Hall–Kier alpha value is -2.83. The maximum absolute atomic E-state index is 8.32. The standard InChI is InChI=1S/C21H18ClN3O2S/c1-26-19-7-3-2-6-18(19)16-5-4-12-25(13-16)20-23-24-21(28-20)27-14-15-8-10-17(22)11-9-15/h2-12H,13-14H2,1H3/i5D. The molecule has 7 heteroatoms. The molecule has 0 aliphatic carbocycles. The highest BCUT2D eigenvalue weighted by molar-refractivity contribution is 7.17. The van der Waals surface area contributed by atoms with Crippen LogP contribution in [0.4, 0.5) is 5.13 Å². The lowest BCUT2D eigenvalue weighted by Gasteiger charge is -2.22. The van der Waals surface area contributed by atoms with E-state index in [2.05, 4.69) is 10.2 Å². The van der Waals surface area contributed by atoms with Crippen molar-refractivity contribution in [3.05, 3.63) is 83.0 Å². The summed E-state index contributed by atoms with van der Waals surface area (Å²) >= 11 is 7.26. The lowest BCUT2D eigenvalue weighted by molar-refractivity contribution is 0.302. The molecule has 0 fully saturated rings. The highest BCUT2D eigenvalue weighted by atomic mass is 35.5. The molecule has 142 valence electrons. The molecule has 3 aromatic rings. The zero-order valence-corrected chi connectivity index (χ0v) is 16.7. The van der Waals surface area contributed by atoms with Crippen LogP contribution in [0, 0.1) is 0 Å². The maximum Gasteiger partial charge on any atom is 0.296 e. The minimum atomic E-state index is 0.394. The number of methoxy groups -OCH3 is 1. The van der Waals surface area contributed by atoms with Crippen molar-refractivity contribution in [2.24, 2.45) is 0 Å². The fourth-order valence-electron chi connectivity index (χ4n) is 2.79. The third-order valence-electron chi connectivity index (χ3n) is 4.19. The normalized spacial score (nSPS) is 14.2. The molecule has 0 spiro atoms. The first-order valence-electron chi connectivity index (χ1n) is 9.13. The summed E-state index contributed by atoms with van der Waals surface area (Å²) in [6, 6.07) is 15.6. The van der Waals surface area contributed by atoms with Crippen LogP contribution < -0.4 is 14.4 Å². The van der Waals surface area contributed by atoms with Crippen LogP contribution in [0.3, 0.4) is 0 Å². The molecule has 5 nitrogen and oxygen atoms in total. The molecule has 1 aliphatic rings. The molecular weight excluding hydrogens is 394 g/mol. The molecule has 0 saturated carbocycles. The van der Waals surface area contributed by atoms with E-state index in [0.717, 1.165) is 22.4 Å². The van der Waals surface area contributed by atoms with Crippen molar-refractivity contribution in [1.29, 1.82) is 0 Å². The Kier molecular flexibility index (Phi) is 5.22. The summed E-state index contributed by atoms with van der Waals surface area (Å²) in [7, 11) is 1.63. The van der Waals surface area contributed by atoms with Crippen LogP contribution in [-0.4, -0.2) is 23.9 Å². The van der Waals surface area contributed by atoms with E-state index in [9.17, 15) is 0 Å². The molecule has 0 N–H and O–H groups in total. The van der Waals surface area contributed by atoms with Crippen molar-refractivity contribution in [2.45, 2.75) is 6.61 Å². The summed E-state index contributed by atoms with van der Waals surface area (Å²) in [5, 5.41) is 10.3. The molecule has 2 heterocycles. The Morgan fingerprint density at radius 2 is 2.00 bits per heavy atom. The van der Waals surface area contributed by atoms with Gasteiger partial charge in [0.05, 0.1) is 15.0 Å². The van der Waals surface area contributed by atoms with E-state index in [0.29, 0.717) is 34.6 Å². The van der Waals surface area contributed by atoms with E-state index in [-0.39, 0.29) is 0 Å². The van der Waals surface area contributed by atoms with Crippen molar-refractivity contribution in [3.63, 3.8) is 0 Å². The van der Waals surface area contributed by atoms with Crippen molar-refractivity contribution in [1.82, 2.24) is 10.2 Å². The predicted molar refractivity (Wildman–Crippen MR) is 113 cm³/mol. The van der Waals surface area contributed by atoms with Crippen molar-refractivity contribution < 1.29 is 10.8 Å². The second-order valence-electron chi connectivity index (χ2n) is 6.03. The highest BCUT2D eigenvalue weighted by Gasteiger charge is 2.18. The summed E-state index contributed by atoms with van der Waals surface area (Å²) in [4.78, 5) is 1.95. The maximum atomic E-state index is 8.32. The lowest BCUT2D eigenvalue weighted by atomic mass is 10.0. The third kappa shape index (κ3) is 4.18. The molecule has 0 unspecified atom stereocenters. The predicted octanol–water partition coefficient (Wildman–Crippen LogP) is 5.20. The number of hydrogen-bond donors (Lipinski definition) is 0. The van der Waals surface area contributed by atoms with Crippen LogP contribution >= 0.6 is 22.9 Å². The van der Waals surface area contributed by atoms with Crippen molar-refractivity contribution in [3.8, 4) is 10.9 Å². The van der Waals surface area contributed by atoms with Crippen LogP contribution in [-0.2, 0) is 6.61 Å². The monoisotopic (exact) mass is 412 g/mol. The fourth-order valence-corrected chi connectivity index (χ4v) is 3.59. The van der Waals surface area contributed by atoms with Gasteiger partial charge >= 0.3 is 0 Å². The van der Waals surface area contributed by atoms with E-state index in [1.807, 2.05) is 59.6 Å². The number of hydrogen-bond acceptors (Lipinski definition) is 6. The van der Waals surface area contributed by atoms with Gasteiger partial charge in [0.2, 0.25) is 5.13 Å². The minimum absolute atomic E-state index is 0.394. The van der Waals surface area contributed by atoms with Crippen LogP contribution in [0.15, 0.2) is 66.9 Å². The number of aromatic nitrogens is 2. The van der Waals surface area contributed by atoms with Crippen molar-refractivity contribution >= 4 is 33.6 Å². The van der Waals surface area contributed by atoms with Crippen molar-refractivity contribution in [2.75, 3.05) is 18.6 Å². The Morgan fingerprint density at radius 3 is 2.82 bits per heavy atom. The van der Waals surface area contributed by atoms with Gasteiger partial charge in [0.25, 0.3) is 5.19 Å². The number of rotatable bonds is 6. The SMILES string of the molecule is [2H]C1=C(c2ccccc2OC)CN(c2nnc(OCc3ccc(Cl)cc3)s2)C=C1. The number of ether oxygens (including phenoxy) is 2. The molecule has 0 atom stereocenters. The molecule has 0 radical (unpaired) electrons. The average Bonchev–Trinajstić information content (AvgIpc) is 3.23. The molecule has 0 saturated heterocycles. The number of nitrogens with zero attached hydrogens (tertiary/aromatic N) is 3. The molecule has 28 heavy (non-hydrogen) atoms. The van der Waals surface area contributed by atoms with Gasteiger partial charge in [-0.15, -0.1) is 5.10 Å². The molecule has 1 aromatic heterocycles. The lowest BCUT2D eigenvalue weighted by Crippen LogP contribution is -2.20. The van der Waals surface area contributed by atoms with Crippen LogP contribution in [0.5, 0.6) is 10.9 Å². The molecular formula is C21H18ClN3O2S. The van der Waals surface area contributed by atoms with Gasteiger partial charge in [-0.2, -0.15) is 0 Å². The second-order valence-corrected chi connectivity index (χ2v) is 7.39. The Bertz CT molecular complexity index is 1070. The average molecular weight is 413 g/mol. The quantitative estimate of drug-likeness (QED) is 0.557. The van der Waals surface area contributed by atoms with E-state index >= 15 is 0 Å². The third-order valence-corrected chi connectivity index (χ3v) is 5.31. The topological polar surface area (TPSA) is 47.5 Å². The van der Waals surface area contributed by atoms with Gasteiger partial charge < -0.3 is 14.4 Å². The number of allylic oxidation sites excluding steroid dienone is 2. The van der Waals surface area contributed by atoms with E-state index in [1.165, 1.54) is 11.3 Å². The number of anilines is 1. The van der Waals surface area contributed by atoms with E-state index < -0.39 is 0 Å². The Balaban J connectivity index is 1.47. The number of benzene rings is 2. The molecule has 2 aromatic carbocycles. The zero-order valence-electron chi connectivity index (χ0n) is 16.1. The zero-order chi connectivity index (χ0) is 20.2. The fraction of sp³-hybridized carbons (Fsp3) is 0.143.